The second kappa shape index (κ2) is 10.2. The molecule has 1 aromatic heterocycles. The van der Waals surface area contributed by atoms with Gasteiger partial charge in [0.05, 0.1) is 10.6 Å². The zero-order valence-electron chi connectivity index (χ0n) is 20.1. The lowest BCUT2D eigenvalue weighted by molar-refractivity contribution is -0.132. The molecule has 3 aromatic rings. The Kier molecular flexibility index (Phi) is 7.12. The molecule has 1 aliphatic rings. The molecular weight excluding hydrogens is 482 g/mol. The predicted molar refractivity (Wildman–Crippen MR) is 139 cm³/mol. The number of anilines is 3. The van der Waals surface area contributed by atoms with Crippen LogP contribution in [-0.2, 0) is 4.79 Å². The summed E-state index contributed by atoms with van der Waals surface area (Å²) < 4.78 is 5.93. The summed E-state index contributed by atoms with van der Waals surface area (Å²) in [5, 5.41) is 19.0. The summed E-state index contributed by atoms with van der Waals surface area (Å²) in [6.45, 7) is 6.20. The van der Waals surface area contributed by atoms with E-state index < -0.39 is 5.97 Å². The van der Waals surface area contributed by atoms with E-state index in [-0.39, 0.29) is 17.0 Å². The van der Waals surface area contributed by atoms with E-state index in [0.29, 0.717) is 57.9 Å². The smallest absolute Gasteiger partial charge is 0.331 e. The van der Waals surface area contributed by atoms with Crippen molar-refractivity contribution in [3.63, 3.8) is 0 Å². The molecule has 10 heteroatoms. The molecule has 0 unspecified atom stereocenters. The Balaban J connectivity index is 1.54. The maximum Gasteiger partial charge on any atom is 0.331 e. The van der Waals surface area contributed by atoms with E-state index in [1.807, 2.05) is 20.8 Å². The molecule has 0 radical (unpaired) electrons. The molecule has 1 aliphatic heterocycles. The molecule has 9 nitrogen and oxygen atoms in total. The monoisotopic (exact) mass is 507 g/mol. The minimum absolute atomic E-state index is 0.197. The van der Waals surface area contributed by atoms with Crippen molar-refractivity contribution in [3.05, 3.63) is 70.5 Å². The van der Waals surface area contributed by atoms with E-state index in [1.165, 1.54) is 6.33 Å². The number of nitrogens with one attached hydrogen (secondary N) is 3. The molecule has 0 spiro atoms. The molecule has 2 aromatic carbocycles. The summed E-state index contributed by atoms with van der Waals surface area (Å²) >= 11 is 6.49. The third-order valence-corrected chi connectivity index (χ3v) is 5.47. The first-order valence-corrected chi connectivity index (χ1v) is 11.7. The van der Waals surface area contributed by atoms with Crippen molar-refractivity contribution in [2.45, 2.75) is 32.7 Å². The Hall–Kier alpha value is -4.11. The first-order chi connectivity index (χ1) is 17.1. The number of amides is 1. The van der Waals surface area contributed by atoms with Crippen LogP contribution < -0.4 is 20.7 Å². The number of nitrogens with zero attached hydrogens (tertiary/aromatic N) is 2. The summed E-state index contributed by atoms with van der Waals surface area (Å²) in [6, 6.07) is 12.0. The van der Waals surface area contributed by atoms with Crippen LogP contribution in [0, 0.1) is 0 Å². The van der Waals surface area contributed by atoms with Gasteiger partial charge in [0.1, 0.15) is 29.5 Å². The summed E-state index contributed by atoms with van der Waals surface area (Å²) in [4.78, 5) is 32.5. The van der Waals surface area contributed by atoms with Crippen molar-refractivity contribution in [1.82, 2.24) is 15.3 Å². The summed E-state index contributed by atoms with van der Waals surface area (Å²) in [5.41, 5.74) is 1.56. The lowest BCUT2D eigenvalue weighted by Crippen LogP contribution is -2.40. The minimum atomic E-state index is -0.982. The van der Waals surface area contributed by atoms with E-state index in [4.69, 9.17) is 16.3 Å². The number of rotatable bonds is 6. The van der Waals surface area contributed by atoms with Gasteiger partial charge in [-0.05, 0) is 69.7 Å². The number of halogens is 1. The van der Waals surface area contributed by atoms with Crippen LogP contribution in [0.3, 0.4) is 0 Å². The summed E-state index contributed by atoms with van der Waals surface area (Å²) in [7, 11) is 0. The fourth-order valence-electron chi connectivity index (χ4n) is 3.54. The third kappa shape index (κ3) is 6.11. The molecule has 0 saturated heterocycles. The molecule has 0 atom stereocenters. The topological polar surface area (TPSA) is 125 Å². The molecule has 4 rings (SSSR count). The van der Waals surface area contributed by atoms with Crippen molar-refractivity contribution in [2.75, 3.05) is 17.2 Å². The van der Waals surface area contributed by atoms with E-state index in [9.17, 15) is 14.7 Å². The Morgan fingerprint density at radius 2 is 1.94 bits per heavy atom. The molecular formula is C26H26ClN5O4. The van der Waals surface area contributed by atoms with Crippen LogP contribution in [-0.4, -0.2) is 39.0 Å². The maximum atomic E-state index is 12.5. The van der Waals surface area contributed by atoms with Gasteiger partial charge in [-0.3, -0.25) is 4.79 Å². The zero-order valence-corrected chi connectivity index (χ0v) is 20.8. The minimum Gasteiger partial charge on any atom is -0.478 e. The first-order valence-electron chi connectivity index (χ1n) is 11.3. The number of carbonyl (C=O) groups excluding carboxylic acids is 1. The molecule has 0 bridgehead atoms. The molecule has 0 saturated carbocycles. The van der Waals surface area contributed by atoms with Crippen molar-refractivity contribution in [2.24, 2.45) is 0 Å². The number of benzene rings is 2. The number of hydrogen-bond acceptors (Lipinski definition) is 7. The highest BCUT2D eigenvalue weighted by Crippen LogP contribution is 2.34. The van der Waals surface area contributed by atoms with E-state index in [2.05, 4.69) is 25.9 Å². The van der Waals surface area contributed by atoms with Gasteiger partial charge in [-0.1, -0.05) is 17.7 Å². The molecule has 186 valence electrons. The van der Waals surface area contributed by atoms with Crippen molar-refractivity contribution in [3.8, 4) is 11.5 Å². The predicted octanol–water partition coefficient (Wildman–Crippen LogP) is 5.48. The van der Waals surface area contributed by atoms with Crippen LogP contribution in [0.4, 0.5) is 17.3 Å². The van der Waals surface area contributed by atoms with Gasteiger partial charge >= 0.3 is 5.97 Å². The maximum absolute atomic E-state index is 12.5. The van der Waals surface area contributed by atoms with Gasteiger partial charge in [0.25, 0.3) is 5.91 Å². The fraction of sp³-hybridized carbons (Fsp3) is 0.231. The number of fused-ring (bicyclic) bond motifs is 1. The van der Waals surface area contributed by atoms with E-state index in [0.717, 1.165) is 0 Å². The van der Waals surface area contributed by atoms with E-state index in [1.54, 1.807) is 48.5 Å². The fourth-order valence-corrected chi connectivity index (χ4v) is 3.76. The summed E-state index contributed by atoms with van der Waals surface area (Å²) in [5.74, 6) is 0.686. The second-order valence-electron chi connectivity index (χ2n) is 9.24. The lowest BCUT2D eigenvalue weighted by atomic mass is 10.1. The Labute approximate surface area is 213 Å². The average Bonchev–Trinajstić information content (AvgIpc) is 3.04. The SMILES string of the molecule is CC(C)(C)NC(=O)c1cccc(Oc2ccc(Nc3ncnc4c3C=C(C(=O)O)CCN4)cc2Cl)c1. The third-order valence-electron chi connectivity index (χ3n) is 5.17. The van der Waals surface area contributed by atoms with Crippen LogP contribution in [0.25, 0.3) is 6.08 Å². The number of hydrogen-bond donors (Lipinski definition) is 4. The highest BCUT2D eigenvalue weighted by Gasteiger charge is 2.19. The lowest BCUT2D eigenvalue weighted by Gasteiger charge is -2.20. The van der Waals surface area contributed by atoms with Crippen LogP contribution in [0.15, 0.2) is 54.4 Å². The average molecular weight is 508 g/mol. The van der Waals surface area contributed by atoms with Gasteiger partial charge < -0.3 is 25.8 Å². The number of carboxylic acids is 1. The molecule has 4 N–H and O–H groups in total. The highest BCUT2D eigenvalue weighted by atomic mass is 35.5. The number of aromatic nitrogens is 2. The highest BCUT2D eigenvalue weighted by molar-refractivity contribution is 6.32. The van der Waals surface area contributed by atoms with Gasteiger partial charge in [-0.25, -0.2) is 14.8 Å². The summed E-state index contributed by atoms with van der Waals surface area (Å²) in [6.07, 6.45) is 3.33. The van der Waals surface area contributed by atoms with Gasteiger partial charge in [-0.2, -0.15) is 0 Å². The quantitative estimate of drug-likeness (QED) is 0.345. The van der Waals surface area contributed by atoms with Crippen LogP contribution in [0.5, 0.6) is 11.5 Å². The van der Waals surface area contributed by atoms with Crippen LogP contribution in [0.1, 0.15) is 43.1 Å². The first kappa shape index (κ1) is 25.0. The molecule has 2 heterocycles. The Morgan fingerprint density at radius 3 is 2.67 bits per heavy atom. The van der Waals surface area contributed by atoms with Gasteiger partial charge in [-0.15, -0.1) is 0 Å². The van der Waals surface area contributed by atoms with Gasteiger partial charge in [0.15, 0.2) is 0 Å². The number of ether oxygens (including phenoxy) is 1. The largest absolute Gasteiger partial charge is 0.478 e. The number of carbonyl (C=O) groups is 2. The van der Waals surface area contributed by atoms with Crippen molar-refractivity contribution < 1.29 is 19.4 Å². The molecule has 0 fully saturated rings. The molecule has 0 aliphatic carbocycles. The van der Waals surface area contributed by atoms with Crippen LogP contribution in [0.2, 0.25) is 5.02 Å². The number of aliphatic carboxylic acids is 1. The van der Waals surface area contributed by atoms with Crippen LogP contribution >= 0.6 is 11.6 Å². The second-order valence-corrected chi connectivity index (χ2v) is 9.65. The Bertz CT molecular complexity index is 1350. The molecule has 1 amide bonds. The normalized spacial score (nSPS) is 12.9. The van der Waals surface area contributed by atoms with Crippen molar-refractivity contribution in [1.29, 1.82) is 0 Å². The van der Waals surface area contributed by atoms with Gasteiger partial charge in [0, 0.05) is 28.9 Å². The Morgan fingerprint density at radius 1 is 1.14 bits per heavy atom. The van der Waals surface area contributed by atoms with Crippen molar-refractivity contribution >= 4 is 46.9 Å². The molecule has 36 heavy (non-hydrogen) atoms. The van der Waals surface area contributed by atoms with E-state index >= 15 is 0 Å². The number of carboxylic acid groups (broad SMARTS) is 1. The standard InChI is InChI=1S/C26H26ClN5O4/c1-26(2,3)32-24(33)15-5-4-6-18(11-15)36-21-8-7-17(13-20(21)27)31-23-19-12-16(25(34)35)9-10-28-22(19)29-14-30-23/h4-8,11-14H,9-10H2,1-3H3,(H,32,33)(H,34,35)(H2,28,29,30,31). The zero-order chi connectivity index (χ0) is 25.9. The van der Waals surface area contributed by atoms with Gasteiger partial charge in [0.2, 0.25) is 0 Å².